The van der Waals surface area contributed by atoms with Gasteiger partial charge in [0.25, 0.3) is 0 Å². The highest BCUT2D eigenvalue weighted by molar-refractivity contribution is 6.30. The molecule has 0 saturated carbocycles. The van der Waals surface area contributed by atoms with E-state index in [4.69, 9.17) is 16.3 Å². The number of hydrogen-bond donors (Lipinski definition) is 0. The Labute approximate surface area is 89.7 Å². The maximum Gasteiger partial charge on any atom is 0.128 e. The van der Waals surface area contributed by atoms with E-state index in [0.717, 1.165) is 25.6 Å². The van der Waals surface area contributed by atoms with Crippen molar-refractivity contribution in [1.29, 1.82) is 0 Å². The molecule has 4 heteroatoms. The highest BCUT2D eigenvalue weighted by atomic mass is 35.5. The number of aromatic nitrogens is 1. The van der Waals surface area contributed by atoms with Gasteiger partial charge in [0, 0.05) is 26.4 Å². The van der Waals surface area contributed by atoms with Crippen LogP contribution in [0.5, 0.6) is 0 Å². The Bertz CT molecular complexity index is 263. The Morgan fingerprint density at radius 2 is 2.29 bits per heavy atom. The molecule has 0 bridgehead atoms. The van der Waals surface area contributed by atoms with Gasteiger partial charge >= 0.3 is 0 Å². The van der Waals surface area contributed by atoms with Crippen LogP contribution in [0, 0.1) is 0 Å². The van der Waals surface area contributed by atoms with E-state index in [9.17, 15) is 0 Å². The van der Waals surface area contributed by atoms with Gasteiger partial charge in [0.1, 0.15) is 5.82 Å². The molecule has 0 radical (unpaired) electrons. The van der Waals surface area contributed by atoms with Crippen LogP contribution >= 0.6 is 11.6 Å². The first-order valence-corrected chi connectivity index (χ1v) is 5.02. The molecule has 1 heterocycles. The summed E-state index contributed by atoms with van der Waals surface area (Å²) in [7, 11) is 1.98. The van der Waals surface area contributed by atoms with Gasteiger partial charge in [0.05, 0.1) is 11.6 Å². The van der Waals surface area contributed by atoms with E-state index < -0.39 is 0 Å². The van der Waals surface area contributed by atoms with Gasteiger partial charge in [-0.05, 0) is 19.1 Å². The number of halogens is 1. The predicted octanol–water partition coefficient (Wildman–Crippen LogP) is 2.21. The Balaban J connectivity index is 2.43. The fraction of sp³-hybridized carbons (Fsp3) is 0.500. The number of anilines is 1. The van der Waals surface area contributed by atoms with E-state index in [1.54, 1.807) is 6.20 Å². The third-order valence-electron chi connectivity index (χ3n) is 1.88. The third-order valence-corrected chi connectivity index (χ3v) is 2.10. The van der Waals surface area contributed by atoms with Gasteiger partial charge in [0.2, 0.25) is 0 Å². The summed E-state index contributed by atoms with van der Waals surface area (Å²) in [5, 5.41) is 0.659. The monoisotopic (exact) mass is 214 g/mol. The van der Waals surface area contributed by atoms with Crippen molar-refractivity contribution in [2.75, 3.05) is 31.7 Å². The number of rotatable bonds is 5. The van der Waals surface area contributed by atoms with Gasteiger partial charge in [-0.2, -0.15) is 0 Å². The molecular formula is C10H15ClN2O. The van der Waals surface area contributed by atoms with Crippen LogP contribution in [0.4, 0.5) is 5.82 Å². The standard InChI is InChI=1S/C10H15ClN2O/c1-3-14-7-6-13(2)10-5-4-9(11)8-12-10/h4-5,8H,3,6-7H2,1-2H3. The highest BCUT2D eigenvalue weighted by Crippen LogP contribution is 2.12. The van der Waals surface area contributed by atoms with Crippen LogP contribution in [0.25, 0.3) is 0 Å². The normalized spacial score (nSPS) is 10.2. The predicted molar refractivity (Wildman–Crippen MR) is 59.0 cm³/mol. The molecule has 0 N–H and O–H groups in total. The van der Waals surface area contributed by atoms with Gasteiger partial charge in [-0.3, -0.25) is 0 Å². The summed E-state index contributed by atoms with van der Waals surface area (Å²) in [6, 6.07) is 3.73. The molecule has 0 saturated heterocycles. The molecule has 78 valence electrons. The summed E-state index contributed by atoms with van der Waals surface area (Å²) in [5.74, 6) is 0.911. The lowest BCUT2D eigenvalue weighted by Crippen LogP contribution is -2.23. The number of pyridine rings is 1. The molecule has 0 unspecified atom stereocenters. The van der Waals surface area contributed by atoms with E-state index in [0.29, 0.717) is 5.02 Å². The molecule has 0 aliphatic heterocycles. The summed E-state index contributed by atoms with van der Waals surface area (Å²) in [5.41, 5.74) is 0. The molecule has 0 atom stereocenters. The largest absolute Gasteiger partial charge is 0.380 e. The lowest BCUT2D eigenvalue weighted by Gasteiger charge is -2.17. The molecular weight excluding hydrogens is 200 g/mol. The fourth-order valence-corrected chi connectivity index (χ4v) is 1.17. The second-order valence-corrected chi connectivity index (χ2v) is 3.39. The summed E-state index contributed by atoms with van der Waals surface area (Å²) >= 11 is 5.74. The second kappa shape index (κ2) is 5.83. The van der Waals surface area contributed by atoms with Crippen LogP contribution in [0.1, 0.15) is 6.92 Å². The minimum absolute atomic E-state index is 0.659. The topological polar surface area (TPSA) is 25.4 Å². The molecule has 3 nitrogen and oxygen atoms in total. The zero-order valence-corrected chi connectivity index (χ0v) is 9.29. The zero-order valence-electron chi connectivity index (χ0n) is 8.53. The minimum Gasteiger partial charge on any atom is -0.380 e. The average Bonchev–Trinajstić information content (AvgIpc) is 2.19. The molecule has 0 aliphatic carbocycles. The first kappa shape index (κ1) is 11.3. The van der Waals surface area contributed by atoms with Crippen LogP contribution < -0.4 is 4.90 Å². The highest BCUT2D eigenvalue weighted by Gasteiger charge is 2.00. The molecule has 1 aromatic heterocycles. The van der Waals surface area contributed by atoms with Crippen molar-refractivity contribution in [1.82, 2.24) is 4.98 Å². The first-order chi connectivity index (χ1) is 6.74. The third kappa shape index (κ3) is 3.52. The minimum atomic E-state index is 0.659. The van der Waals surface area contributed by atoms with Crippen molar-refractivity contribution in [3.63, 3.8) is 0 Å². The Morgan fingerprint density at radius 3 is 2.86 bits per heavy atom. The van der Waals surface area contributed by atoms with Crippen molar-refractivity contribution in [2.45, 2.75) is 6.92 Å². The van der Waals surface area contributed by atoms with Crippen molar-refractivity contribution in [3.05, 3.63) is 23.4 Å². The van der Waals surface area contributed by atoms with E-state index in [-0.39, 0.29) is 0 Å². The summed E-state index contributed by atoms with van der Waals surface area (Å²) in [6.07, 6.45) is 1.65. The van der Waals surface area contributed by atoms with Gasteiger partial charge in [-0.1, -0.05) is 11.6 Å². The Morgan fingerprint density at radius 1 is 1.50 bits per heavy atom. The molecule has 1 rings (SSSR count). The maximum absolute atomic E-state index is 5.74. The van der Waals surface area contributed by atoms with E-state index >= 15 is 0 Å². The number of hydrogen-bond acceptors (Lipinski definition) is 3. The summed E-state index contributed by atoms with van der Waals surface area (Å²) in [6.45, 7) is 4.29. The van der Waals surface area contributed by atoms with E-state index in [1.165, 1.54) is 0 Å². The molecule has 1 aromatic rings. The van der Waals surface area contributed by atoms with E-state index in [1.807, 2.05) is 31.0 Å². The van der Waals surface area contributed by atoms with Crippen LogP contribution in [-0.4, -0.2) is 31.8 Å². The lowest BCUT2D eigenvalue weighted by molar-refractivity contribution is 0.154. The fourth-order valence-electron chi connectivity index (χ4n) is 1.05. The number of nitrogens with zero attached hydrogens (tertiary/aromatic N) is 2. The molecule has 0 spiro atoms. The van der Waals surface area contributed by atoms with Gasteiger partial charge < -0.3 is 9.64 Å². The zero-order chi connectivity index (χ0) is 10.4. The van der Waals surface area contributed by atoms with Crippen molar-refractivity contribution < 1.29 is 4.74 Å². The Hall–Kier alpha value is -0.800. The van der Waals surface area contributed by atoms with Crippen molar-refractivity contribution in [2.24, 2.45) is 0 Å². The van der Waals surface area contributed by atoms with Crippen LogP contribution in [0.2, 0.25) is 5.02 Å². The maximum atomic E-state index is 5.74. The summed E-state index contributed by atoms with van der Waals surface area (Å²) in [4.78, 5) is 6.23. The van der Waals surface area contributed by atoms with Gasteiger partial charge in [-0.15, -0.1) is 0 Å². The second-order valence-electron chi connectivity index (χ2n) is 2.95. The van der Waals surface area contributed by atoms with Gasteiger partial charge in [-0.25, -0.2) is 4.98 Å². The molecule has 0 aliphatic rings. The SMILES string of the molecule is CCOCCN(C)c1ccc(Cl)cn1. The van der Waals surface area contributed by atoms with Crippen LogP contribution in [0.3, 0.4) is 0 Å². The van der Waals surface area contributed by atoms with Gasteiger partial charge in [0.15, 0.2) is 0 Å². The lowest BCUT2D eigenvalue weighted by atomic mass is 10.4. The van der Waals surface area contributed by atoms with Crippen LogP contribution in [-0.2, 0) is 4.74 Å². The average molecular weight is 215 g/mol. The first-order valence-electron chi connectivity index (χ1n) is 4.64. The molecule has 0 aromatic carbocycles. The van der Waals surface area contributed by atoms with Crippen molar-refractivity contribution >= 4 is 17.4 Å². The molecule has 0 amide bonds. The van der Waals surface area contributed by atoms with Crippen molar-refractivity contribution in [3.8, 4) is 0 Å². The number of ether oxygens (including phenoxy) is 1. The van der Waals surface area contributed by atoms with Crippen LogP contribution in [0.15, 0.2) is 18.3 Å². The summed E-state index contributed by atoms with van der Waals surface area (Å²) < 4.78 is 5.25. The number of likely N-dealkylation sites (N-methyl/N-ethyl adjacent to an activating group) is 1. The quantitative estimate of drug-likeness (QED) is 0.703. The molecule has 14 heavy (non-hydrogen) atoms. The van der Waals surface area contributed by atoms with E-state index in [2.05, 4.69) is 4.98 Å². The Kier molecular flexibility index (Phi) is 4.70. The molecule has 0 fully saturated rings. The smallest absolute Gasteiger partial charge is 0.128 e.